The van der Waals surface area contributed by atoms with E-state index in [0.29, 0.717) is 11.6 Å². The van der Waals surface area contributed by atoms with Gasteiger partial charge in [-0.1, -0.05) is 12.1 Å². The molecular formula is C24H28N6O3. The molecule has 1 saturated heterocycles. The van der Waals surface area contributed by atoms with Crippen molar-refractivity contribution in [3.8, 4) is 11.3 Å². The minimum atomic E-state index is -0.715. The van der Waals surface area contributed by atoms with Crippen LogP contribution in [0.15, 0.2) is 60.8 Å². The van der Waals surface area contributed by atoms with Crippen molar-refractivity contribution >= 4 is 28.9 Å². The smallest absolute Gasteiger partial charge is 0.243 e. The van der Waals surface area contributed by atoms with Crippen molar-refractivity contribution in [1.82, 2.24) is 9.97 Å². The number of morpholine rings is 1. The summed E-state index contributed by atoms with van der Waals surface area (Å²) in [5.74, 6) is 0.215. The molecule has 1 aromatic heterocycles. The number of nitrogens with one attached hydrogen (secondary N) is 2. The molecule has 1 atom stereocenters. The standard InChI is InChI=1S/C24H28N6O3/c1-32-16-21(25)23(31)27-18-4-2-17(3-5-18)22-10-11-26-24(29-22)28-19-6-8-20(9-7-19)30-12-14-33-15-13-30/h2-11,21H,12-16,25H2,1H3,(H,27,31)(H,26,28,29). The van der Waals surface area contributed by atoms with Crippen LogP contribution in [-0.2, 0) is 14.3 Å². The van der Waals surface area contributed by atoms with Gasteiger partial charge in [-0.2, -0.15) is 0 Å². The van der Waals surface area contributed by atoms with Crippen molar-refractivity contribution in [3.05, 3.63) is 60.8 Å². The first-order valence-electron chi connectivity index (χ1n) is 10.8. The first-order chi connectivity index (χ1) is 16.1. The lowest BCUT2D eigenvalue weighted by Crippen LogP contribution is -2.39. The first-order valence-corrected chi connectivity index (χ1v) is 10.8. The third kappa shape index (κ3) is 6.04. The summed E-state index contributed by atoms with van der Waals surface area (Å²) in [6.07, 6.45) is 1.71. The number of rotatable bonds is 8. The number of carbonyl (C=O) groups excluding carboxylic acids is 1. The zero-order valence-electron chi connectivity index (χ0n) is 18.5. The molecule has 4 rings (SSSR count). The van der Waals surface area contributed by atoms with Gasteiger partial charge in [-0.05, 0) is 42.5 Å². The molecule has 1 unspecified atom stereocenters. The Morgan fingerprint density at radius 2 is 1.79 bits per heavy atom. The summed E-state index contributed by atoms with van der Waals surface area (Å²) >= 11 is 0. The topological polar surface area (TPSA) is 115 Å². The Bertz CT molecular complexity index is 1050. The molecule has 2 heterocycles. The van der Waals surface area contributed by atoms with E-state index in [1.165, 1.54) is 12.8 Å². The van der Waals surface area contributed by atoms with E-state index in [4.69, 9.17) is 15.2 Å². The molecule has 1 amide bonds. The van der Waals surface area contributed by atoms with Gasteiger partial charge in [-0.15, -0.1) is 0 Å². The Morgan fingerprint density at radius 1 is 1.09 bits per heavy atom. The number of anilines is 4. The fourth-order valence-corrected chi connectivity index (χ4v) is 3.50. The van der Waals surface area contributed by atoms with Gasteiger partial charge >= 0.3 is 0 Å². The summed E-state index contributed by atoms with van der Waals surface area (Å²) in [6, 6.07) is 16.7. The van der Waals surface area contributed by atoms with Crippen molar-refractivity contribution in [1.29, 1.82) is 0 Å². The highest BCUT2D eigenvalue weighted by atomic mass is 16.5. The van der Waals surface area contributed by atoms with E-state index in [9.17, 15) is 4.79 Å². The first kappa shape index (κ1) is 22.7. The summed E-state index contributed by atoms with van der Waals surface area (Å²) in [5, 5.41) is 6.04. The van der Waals surface area contributed by atoms with Gasteiger partial charge < -0.3 is 30.7 Å². The molecule has 0 spiro atoms. The molecule has 0 radical (unpaired) electrons. The lowest BCUT2D eigenvalue weighted by Gasteiger charge is -2.28. The van der Waals surface area contributed by atoms with Crippen molar-refractivity contribution in [3.63, 3.8) is 0 Å². The Kier molecular flexibility index (Phi) is 7.46. The highest BCUT2D eigenvalue weighted by Crippen LogP contribution is 2.23. The van der Waals surface area contributed by atoms with Crippen LogP contribution in [0.5, 0.6) is 0 Å². The largest absolute Gasteiger partial charge is 0.383 e. The lowest BCUT2D eigenvalue weighted by atomic mass is 10.1. The minimum Gasteiger partial charge on any atom is -0.383 e. The Hall–Kier alpha value is -3.53. The summed E-state index contributed by atoms with van der Waals surface area (Å²) < 4.78 is 10.3. The van der Waals surface area contributed by atoms with Crippen LogP contribution in [0.1, 0.15) is 0 Å². The van der Waals surface area contributed by atoms with Crippen molar-refractivity contribution in [2.45, 2.75) is 6.04 Å². The van der Waals surface area contributed by atoms with E-state index in [2.05, 4.69) is 37.6 Å². The maximum Gasteiger partial charge on any atom is 0.243 e. The Labute approximate surface area is 192 Å². The molecule has 0 aliphatic carbocycles. The van der Waals surface area contributed by atoms with Crippen LogP contribution in [0.4, 0.5) is 23.0 Å². The van der Waals surface area contributed by atoms with Crippen molar-refractivity contribution in [2.24, 2.45) is 5.73 Å². The molecule has 1 fully saturated rings. The highest BCUT2D eigenvalue weighted by molar-refractivity contribution is 5.95. The van der Waals surface area contributed by atoms with E-state index in [1.54, 1.807) is 6.20 Å². The predicted molar refractivity (Wildman–Crippen MR) is 129 cm³/mol. The molecule has 9 nitrogen and oxygen atoms in total. The van der Waals surface area contributed by atoms with Crippen LogP contribution in [0.2, 0.25) is 0 Å². The maximum absolute atomic E-state index is 12.0. The third-order valence-electron chi connectivity index (χ3n) is 5.29. The summed E-state index contributed by atoms with van der Waals surface area (Å²) in [7, 11) is 1.51. The molecule has 33 heavy (non-hydrogen) atoms. The van der Waals surface area contributed by atoms with Gasteiger partial charge in [-0.25, -0.2) is 9.97 Å². The Morgan fingerprint density at radius 3 is 2.48 bits per heavy atom. The average molecular weight is 449 g/mol. The lowest BCUT2D eigenvalue weighted by molar-refractivity contribution is -0.118. The third-order valence-corrected chi connectivity index (χ3v) is 5.29. The molecule has 2 aromatic carbocycles. The second-order valence-corrected chi connectivity index (χ2v) is 7.67. The van der Waals surface area contributed by atoms with E-state index < -0.39 is 6.04 Å². The second-order valence-electron chi connectivity index (χ2n) is 7.67. The van der Waals surface area contributed by atoms with Gasteiger partial charge in [0, 0.05) is 49.0 Å². The van der Waals surface area contributed by atoms with Crippen molar-refractivity contribution < 1.29 is 14.3 Å². The zero-order valence-corrected chi connectivity index (χ0v) is 18.5. The van der Waals surface area contributed by atoms with Crippen LogP contribution >= 0.6 is 0 Å². The highest BCUT2D eigenvalue weighted by Gasteiger charge is 2.13. The van der Waals surface area contributed by atoms with E-state index in [1.807, 2.05) is 42.5 Å². The van der Waals surface area contributed by atoms with Gasteiger partial charge in [0.1, 0.15) is 6.04 Å². The summed E-state index contributed by atoms with van der Waals surface area (Å²) in [4.78, 5) is 23.3. The predicted octanol–water partition coefficient (Wildman–Crippen LogP) is 2.64. The van der Waals surface area contributed by atoms with E-state index >= 15 is 0 Å². The zero-order chi connectivity index (χ0) is 23.0. The van der Waals surface area contributed by atoms with Gasteiger partial charge in [0.05, 0.1) is 25.5 Å². The number of carbonyl (C=O) groups is 1. The van der Waals surface area contributed by atoms with Crippen LogP contribution in [0.3, 0.4) is 0 Å². The van der Waals surface area contributed by atoms with E-state index in [-0.39, 0.29) is 12.5 Å². The number of aromatic nitrogens is 2. The molecule has 9 heteroatoms. The number of benzene rings is 2. The number of hydrogen-bond donors (Lipinski definition) is 3. The number of nitrogens with zero attached hydrogens (tertiary/aromatic N) is 3. The molecular weight excluding hydrogens is 420 g/mol. The molecule has 0 saturated carbocycles. The summed E-state index contributed by atoms with van der Waals surface area (Å²) in [5.41, 5.74) is 10.2. The maximum atomic E-state index is 12.0. The van der Waals surface area contributed by atoms with Gasteiger partial charge in [0.2, 0.25) is 11.9 Å². The fraction of sp³-hybridized carbons (Fsp3) is 0.292. The van der Waals surface area contributed by atoms with Gasteiger partial charge in [0.15, 0.2) is 0 Å². The molecule has 1 aliphatic rings. The van der Waals surface area contributed by atoms with Crippen molar-refractivity contribution in [2.75, 3.05) is 55.6 Å². The molecule has 4 N–H and O–H groups in total. The van der Waals surface area contributed by atoms with E-state index in [0.717, 1.165) is 43.2 Å². The monoisotopic (exact) mass is 448 g/mol. The van der Waals surface area contributed by atoms with Crippen LogP contribution in [-0.4, -0.2) is 61.9 Å². The van der Waals surface area contributed by atoms with Gasteiger partial charge in [0.25, 0.3) is 0 Å². The second kappa shape index (κ2) is 10.9. The van der Waals surface area contributed by atoms with Gasteiger partial charge in [-0.3, -0.25) is 4.79 Å². The molecule has 3 aromatic rings. The fourth-order valence-electron chi connectivity index (χ4n) is 3.50. The number of methoxy groups -OCH3 is 1. The molecule has 1 aliphatic heterocycles. The Balaban J connectivity index is 1.40. The number of nitrogens with two attached hydrogens (primary N) is 1. The SMILES string of the molecule is COCC(N)C(=O)Nc1ccc(-c2ccnc(Nc3ccc(N4CCOCC4)cc3)n2)cc1. The number of amides is 1. The number of hydrogen-bond acceptors (Lipinski definition) is 8. The number of ether oxygens (including phenoxy) is 2. The molecule has 172 valence electrons. The normalized spacial score (nSPS) is 14.5. The van der Waals surface area contributed by atoms with Crippen LogP contribution < -0.4 is 21.3 Å². The molecule has 0 bridgehead atoms. The quantitative estimate of drug-likeness (QED) is 0.482. The average Bonchev–Trinajstić information content (AvgIpc) is 2.86. The summed E-state index contributed by atoms with van der Waals surface area (Å²) in [6.45, 7) is 3.49. The van der Waals surface area contributed by atoms with Crippen LogP contribution in [0.25, 0.3) is 11.3 Å². The minimum absolute atomic E-state index is 0.163. The van der Waals surface area contributed by atoms with Crippen LogP contribution in [0, 0.1) is 0 Å².